The summed E-state index contributed by atoms with van der Waals surface area (Å²) in [6.07, 6.45) is 5.53. The van der Waals surface area contributed by atoms with Gasteiger partial charge in [0.1, 0.15) is 22.8 Å². The summed E-state index contributed by atoms with van der Waals surface area (Å²) in [5.74, 6) is 0.266. The molecule has 34 heavy (non-hydrogen) atoms. The molecule has 0 fully saturated rings. The molecule has 2 aromatic rings. The van der Waals surface area contributed by atoms with Gasteiger partial charge in [0, 0.05) is 29.5 Å². The number of hydrogen-bond acceptors (Lipinski definition) is 7. The molecule has 1 aromatic heterocycles. The third kappa shape index (κ3) is 4.33. The van der Waals surface area contributed by atoms with Gasteiger partial charge < -0.3 is 24.8 Å². The van der Waals surface area contributed by atoms with Crippen LogP contribution in [0.5, 0.6) is 0 Å². The first-order valence-corrected chi connectivity index (χ1v) is 11.7. The molecular weight excluding hydrogens is 452 g/mol. The molecule has 0 spiro atoms. The summed E-state index contributed by atoms with van der Waals surface area (Å²) in [5.41, 5.74) is 2.77. The van der Waals surface area contributed by atoms with Crippen LogP contribution >= 0.6 is 11.3 Å². The number of thiophene rings is 1. The number of methoxy groups -OCH3 is 1. The van der Waals surface area contributed by atoms with Gasteiger partial charge in [-0.2, -0.15) is 0 Å². The summed E-state index contributed by atoms with van der Waals surface area (Å²) in [5, 5.41) is 13.4. The molecule has 2 heterocycles. The van der Waals surface area contributed by atoms with Crippen LogP contribution in [0.1, 0.15) is 45.9 Å². The van der Waals surface area contributed by atoms with Crippen molar-refractivity contribution in [3.05, 3.63) is 74.9 Å². The number of fused-ring (bicyclic) bond motifs is 1. The number of amides is 1. The normalized spacial score (nSPS) is 17.0. The number of rotatable bonds is 5. The van der Waals surface area contributed by atoms with Crippen LogP contribution in [0.3, 0.4) is 0 Å². The number of benzene rings is 1. The molecule has 2 N–H and O–H groups in total. The fourth-order valence-electron chi connectivity index (χ4n) is 4.24. The van der Waals surface area contributed by atoms with Gasteiger partial charge in [-0.15, -0.1) is 11.3 Å². The van der Waals surface area contributed by atoms with E-state index in [0.29, 0.717) is 28.3 Å². The van der Waals surface area contributed by atoms with Crippen molar-refractivity contribution in [2.45, 2.75) is 39.3 Å². The highest BCUT2D eigenvalue weighted by molar-refractivity contribution is 7.13. The number of esters is 1. The van der Waals surface area contributed by atoms with Crippen LogP contribution in [-0.4, -0.2) is 36.7 Å². The summed E-state index contributed by atoms with van der Waals surface area (Å²) in [7, 11) is 3.29. The van der Waals surface area contributed by atoms with Crippen LogP contribution in [0.25, 0.3) is 5.57 Å². The van der Waals surface area contributed by atoms with Gasteiger partial charge in [-0.3, -0.25) is 4.79 Å². The number of hydrogen-bond donors (Lipinski definition) is 2. The minimum Gasteiger partial charge on any atom is -0.512 e. The van der Waals surface area contributed by atoms with Crippen molar-refractivity contribution >= 4 is 40.2 Å². The van der Waals surface area contributed by atoms with Crippen molar-refractivity contribution in [1.29, 1.82) is 0 Å². The second-order valence-corrected chi connectivity index (χ2v) is 10.1. The Bertz CT molecular complexity index is 1250. The Hall–Kier alpha value is -3.52. The highest BCUT2D eigenvalue weighted by Gasteiger charge is 2.39. The number of ether oxygens (including phenoxy) is 2. The summed E-state index contributed by atoms with van der Waals surface area (Å²) >= 11 is 1.37. The van der Waals surface area contributed by atoms with Gasteiger partial charge in [0.25, 0.3) is 5.91 Å². The number of aryl methyl sites for hydroxylation is 1. The fraction of sp³-hybridized carbons (Fsp3) is 0.308. The molecule has 1 amide bonds. The molecule has 1 aromatic carbocycles. The first-order valence-electron chi connectivity index (χ1n) is 10.9. The lowest BCUT2D eigenvalue weighted by atomic mass is 9.91. The predicted molar refractivity (Wildman–Crippen MR) is 134 cm³/mol. The lowest BCUT2D eigenvalue weighted by Gasteiger charge is -2.39. The van der Waals surface area contributed by atoms with Gasteiger partial charge in [0.05, 0.1) is 24.2 Å². The molecule has 8 heteroatoms. The maximum atomic E-state index is 13.1. The molecule has 0 bridgehead atoms. The zero-order valence-corrected chi connectivity index (χ0v) is 20.7. The summed E-state index contributed by atoms with van der Waals surface area (Å²) in [6, 6.07) is 7.45. The average molecular weight is 481 g/mol. The second kappa shape index (κ2) is 9.02. The van der Waals surface area contributed by atoms with Crippen LogP contribution in [0.2, 0.25) is 0 Å². The second-order valence-electron chi connectivity index (χ2n) is 8.80. The number of carbonyl (C=O) groups excluding carboxylic acids is 2. The molecule has 178 valence electrons. The summed E-state index contributed by atoms with van der Waals surface area (Å²) < 4.78 is 11.3. The molecule has 1 aliphatic carbocycles. The van der Waals surface area contributed by atoms with Crippen LogP contribution in [0.4, 0.5) is 11.4 Å². The molecule has 2 aliphatic rings. The molecule has 0 radical (unpaired) electrons. The minimum absolute atomic E-state index is 0.0436. The zero-order chi connectivity index (χ0) is 24.6. The van der Waals surface area contributed by atoms with Crippen LogP contribution in [-0.2, 0) is 20.9 Å². The van der Waals surface area contributed by atoms with Gasteiger partial charge in [-0.05, 0) is 62.8 Å². The standard InChI is InChI=1S/C26H28N2O5S/c1-15-6-13-22(34-15)24(30)33-14-19-17(18-9-7-16(29)8-12-21(18)32-5)10-11-20-23(19)28(4)25(31)26(2,3)27-20/h6-7,9-13,27,29H,8,14H2,1-5H3. The number of allylic oxidation sites excluding steroid dienone is 4. The first kappa shape index (κ1) is 23.6. The highest BCUT2D eigenvalue weighted by Crippen LogP contribution is 2.42. The maximum Gasteiger partial charge on any atom is 0.348 e. The van der Waals surface area contributed by atoms with E-state index >= 15 is 0 Å². The van der Waals surface area contributed by atoms with E-state index < -0.39 is 11.5 Å². The lowest BCUT2D eigenvalue weighted by molar-refractivity contribution is -0.121. The van der Waals surface area contributed by atoms with Crippen molar-refractivity contribution in [2.75, 3.05) is 24.4 Å². The molecule has 4 rings (SSSR count). The van der Waals surface area contributed by atoms with Crippen molar-refractivity contribution in [2.24, 2.45) is 0 Å². The highest BCUT2D eigenvalue weighted by atomic mass is 32.1. The minimum atomic E-state index is -0.778. The number of anilines is 2. The van der Waals surface area contributed by atoms with E-state index in [1.165, 1.54) is 11.3 Å². The van der Waals surface area contributed by atoms with E-state index in [4.69, 9.17) is 9.47 Å². The van der Waals surface area contributed by atoms with Crippen LogP contribution in [0.15, 0.2) is 54.0 Å². The lowest BCUT2D eigenvalue weighted by Crippen LogP contribution is -2.52. The Labute approximate surface area is 203 Å². The number of likely N-dealkylation sites (N-methyl/N-ethyl adjacent to an activating group) is 1. The van der Waals surface area contributed by atoms with Gasteiger partial charge in [0.15, 0.2) is 0 Å². The molecule has 0 saturated heterocycles. The smallest absolute Gasteiger partial charge is 0.348 e. The molecule has 0 atom stereocenters. The quantitative estimate of drug-likeness (QED) is 0.562. The largest absolute Gasteiger partial charge is 0.512 e. The topological polar surface area (TPSA) is 88.1 Å². The Kier molecular flexibility index (Phi) is 6.27. The van der Waals surface area contributed by atoms with Crippen molar-refractivity contribution in [1.82, 2.24) is 0 Å². The Balaban J connectivity index is 1.83. The van der Waals surface area contributed by atoms with Gasteiger partial charge in [-0.25, -0.2) is 4.79 Å². The van der Waals surface area contributed by atoms with Gasteiger partial charge >= 0.3 is 5.97 Å². The van der Waals surface area contributed by atoms with E-state index in [-0.39, 0.29) is 18.3 Å². The van der Waals surface area contributed by atoms with E-state index in [2.05, 4.69) is 5.32 Å². The molecule has 0 saturated carbocycles. The molecule has 0 unspecified atom stereocenters. The Morgan fingerprint density at radius 1 is 1.24 bits per heavy atom. The van der Waals surface area contributed by atoms with Crippen molar-refractivity contribution < 1.29 is 24.2 Å². The first-order chi connectivity index (χ1) is 16.1. The van der Waals surface area contributed by atoms with Crippen molar-refractivity contribution in [3.8, 4) is 0 Å². The molecule has 1 aliphatic heterocycles. The monoisotopic (exact) mass is 480 g/mol. The number of carbonyl (C=O) groups is 2. The summed E-state index contributed by atoms with van der Waals surface area (Å²) in [6.45, 7) is 5.54. The Morgan fingerprint density at radius 2 is 2.00 bits per heavy atom. The SMILES string of the molecule is COC1=CCC(O)=CC=C1c1ccc2c(c1COC(=O)c1ccc(C)s1)N(C)C(=O)C(C)(C)N2. The zero-order valence-electron chi connectivity index (χ0n) is 19.9. The molecular formula is C26H28N2O5S. The predicted octanol–water partition coefficient (Wildman–Crippen LogP) is 5.34. The fourth-order valence-corrected chi connectivity index (χ4v) is 5.00. The third-order valence-corrected chi connectivity index (χ3v) is 6.89. The van der Waals surface area contributed by atoms with E-state index in [1.54, 1.807) is 43.4 Å². The summed E-state index contributed by atoms with van der Waals surface area (Å²) in [4.78, 5) is 29.0. The van der Waals surface area contributed by atoms with E-state index in [9.17, 15) is 14.7 Å². The number of nitrogens with zero attached hydrogens (tertiary/aromatic N) is 1. The maximum absolute atomic E-state index is 13.1. The average Bonchev–Trinajstić information content (AvgIpc) is 3.15. The third-order valence-electron chi connectivity index (χ3n) is 5.91. The van der Waals surface area contributed by atoms with Gasteiger partial charge in [-0.1, -0.05) is 6.07 Å². The number of aliphatic hydroxyl groups excluding tert-OH is 1. The molecule has 7 nitrogen and oxygen atoms in total. The van der Waals surface area contributed by atoms with Crippen molar-refractivity contribution in [3.63, 3.8) is 0 Å². The number of aliphatic hydroxyl groups is 1. The van der Waals surface area contributed by atoms with Crippen LogP contribution < -0.4 is 10.2 Å². The van der Waals surface area contributed by atoms with E-state index in [0.717, 1.165) is 21.7 Å². The van der Waals surface area contributed by atoms with Gasteiger partial charge in [0.2, 0.25) is 0 Å². The Morgan fingerprint density at radius 3 is 2.68 bits per heavy atom. The number of nitrogens with one attached hydrogen (secondary N) is 1. The van der Waals surface area contributed by atoms with Crippen LogP contribution in [0, 0.1) is 6.92 Å². The van der Waals surface area contributed by atoms with E-state index in [1.807, 2.05) is 39.0 Å².